The molecule has 0 spiro atoms. The van der Waals surface area contributed by atoms with Gasteiger partial charge in [0.1, 0.15) is 17.1 Å². The average molecular weight is 409 g/mol. The van der Waals surface area contributed by atoms with Crippen LogP contribution in [-0.4, -0.2) is 41.3 Å². The standard InChI is InChI=1S/C23H24FN3O3/c1-15-25-20-6-4-18(14-22(20)29-15)28-12-2-9-27-10-7-16(8-11-27)23-19-5-3-17(24)13-21(19)30-26-23/h3-6,13-14,16H,2,7-12H2,1H3. The van der Waals surface area contributed by atoms with Crippen LogP contribution in [0.15, 0.2) is 45.3 Å². The number of piperidine rings is 1. The summed E-state index contributed by atoms with van der Waals surface area (Å²) in [6.45, 7) is 5.54. The van der Waals surface area contributed by atoms with Gasteiger partial charge in [-0.05, 0) is 56.6 Å². The Morgan fingerprint density at radius 3 is 2.87 bits per heavy atom. The van der Waals surface area contributed by atoms with Crippen molar-refractivity contribution in [3.05, 3.63) is 53.8 Å². The van der Waals surface area contributed by atoms with E-state index in [9.17, 15) is 4.39 Å². The Labute approximate surface area is 173 Å². The summed E-state index contributed by atoms with van der Waals surface area (Å²) in [5.41, 5.74) is 3.11. The Hall–Kier alpha value is -2.93. The van der Waals surface area contributed by atoms with E-state index < -0.39 is 0 Å². The van der Waals surface area contributed by atoms with Crippen LogP contribution >= 0.6 is 0 Å². The third kappa shape index (κ3) is 3.89. The van der Waals surface area contributed by atoms with E-state index in [1.807, 2.05) is 25.1 Å². The molecule has 0 bridgehead atoms. The highest BCUT2D eigenvalue weighted by Gasteiger charge is 2.25. The molecule has 30 heavy (non-hydrogen) atoms. The van der Waals surface area contributed by atoms with Gasteiger partial charge in [-0.15, -0.1) is 0 Å². The fourth-order valence-electron chi connectivity index (χ4n) is 4.24. The Morgan fingerprint density at radius 1 is 1.13 bits per heavy atom. The number of halogens is 1. The molecule has 0 amide bonds. The van der Waals surface area contributed by atoms with Crippen LogP contribution in [-0.2, 0) is 0 Å². The molecule has 7 heteroatoms. The van der Waals surface area contributed by atoms with Gasteiger partial charge in [0.25, 0.3) is 0 Å². The fraction of sp³-hybridized carbons (Fsp3) is 0.391. The monoisotopic (exact) mass is 409 g/mol. The highest BCUT2D eigenvalue weighted by molar-refractivity contribution is 5.80. The third-order valence-electron chi connectivity index (χ3n) is 5.79. The summed E-state index contributed by atoms with van der Waals surface area (Å²) in [6, 6.07) is 10.4. The predicted octanol–water partition coefficient (Wildman–Crippen LogP) is 5.07. The van der Waals surface area contributed by atoms with Gasteiger partial charge in [-0.2, -0.15) is 0 Å². The maximum Gasteiger partial charge on any atom is 0.192 e. The molecule has 0 atom stereocenters. The fourth-order valence-corrected chi connectivity index (χ4v) is 4.24. The van der Waals surface area contributed by atoms with Crippen molar-refractivity contribution in [1.82, 2.24) is 15.0 Å². The van der Waals surface area contributed by atoms with Gasteiger partial charge in [-0.1, -0.05) is 5.16 Å². The summed E-state index contributed by atoms with van der Waals surface area (Å²) in [7, 11) is 0. The van der Waals surface area contributed by atoms with E-state index in [-0.39, 0.29) is 5.82 Å². The number of hydrogen-bond acceptors (Lipinski definition) is 6. The lowest BCUT2D eigenvalue weighted by Gasteiger charge is -2.31. The Bertz CT molecular complexity index is 1160. The number of nitrogens with zero attached hydrogens (tertiary/aromatic N) is 3. The van der Waals surface area contributed by atoms with Gasteiger partial charge < -0.3 is 18.6 Å². The molecule has 1 aliphatic rings. The van der Waals surface area contributed by atoms with Gasteiger partial charge in [0, 0.05) is 36.9 Å². The number of aromatic nitrogens is 2. The number of rotatable bonds is 6. The van der Waals surface area contributed by atoms with Gasteiger partial charge in [-0.25, -0.2) is 9.37 Å². The first-order chi connectivity index (χ1) is 14.7. The molecule has 156 valence electrons. The van der Waals surface area contributed by atoms with Gasteiger partial charge in [0.15, 0.2) is 17.1 Å². The molecule has 1 aliphatic heterocycles. The zero-order valence-electron chi connectivity index (χ0n) is 16.9. The normalized spacial score (nSPS) is 15.9. The van der Waals surface area contributed by atoms with Crippen molar-refractivity contribution in [2.24, 2.45) is 0 Å². The highest BCUT2D eigenvalue weighted by Crippen LogP contribution is 2.32. The lowest BCUT2D eigenvalue weighted by molar-refractivity contribution is 0.191. The van der Waals surface area contributed by atoms with E-state index in [0.717, 1.165) is 66.8 Å². The van der Waals surface area contributed by atoms with E-state index >= 15 is 0 Å². The van der Waals surface area contributed by atoms with Crippen LogP contribution in [0.4, 0.5) is 4.39 Å². The maximum absolute atomic E-state index is 13.4. The molecule has 1 fully saturated rings. The number of likely N-dealkylation sites (tertiary alicyclic amines) is 1. The van der Waals surface area contributed by atoms with Crippen LogP contribution in [0, 0.1) is 12.7 Å². The van der Waals surface area contributed by atoms with Crippen molar-refractivity contribution in [3.63, 3.8) is 0 Å². The van der Waals surface area contributed by atoms with Crippen molar-refractivity contribution in [1.29, 1.82) is 0 Å². The van der Waals surface area contributed by atoms with Crippen LogP contribution in [0.25, 0.3) is 22.1 Å². The minimum absolute atomic E-state index is 0.293. The molecule has 0 N–H and O–H groups in total. The van der Waals surface area contributed by atoms with Gasteiger partial charge in [0.05, 0.1) is 12.3 Å². The van der Waals surface area contributed by atoms with Crippen LogP contribution in [0.2, 0.25) is 0 Å². The van der Waals surface area contributed by atoms with E-state index in [1.54, 1.807) is 6.07 Å². The summed E-state index contributed by atoms with van der Waals surface area (Å²) in [4.78, 5) is 6.76. The summed E-state index contributed by atoms with van der Waals surface area (Å²) in [6.07, 6.45) is 3.02. The second-order valence-electron chi connectivity index (χ2n) is 7.89. The second-order valence-corrected chi connectivity index (χ2v) is 7.89. The van der Waals surface area contributed by atoms with E-state index in [2.05, 4.69) is 15.0 Å². The number of hydrogen-bond donors (Lipinski definition) is 0. The van der Waals surface area contributed by atoms with E-state index in [1.165, 1.54) is 12.1 Å². The predicted molar refractivity (Wildman–Crippen MR) is 111 cm³/mol. The number of benzene rings is 2. The van der Waals surface area contributed by atoms with E-state index in [4.69, 9.17) is 13.7 Å². The number of ether oxygens (including phenoxy) is 1. The molecular formula is C23H24FN3O3. The van der Waals surface area contributed by atoms with Crippen molar-refractivity contribution in [2.45, 2.75) is 32.1 Å². The molecule has 4 aromatic rings. The molecule has 2 aromatic heterocycles. The number of aryl methyl sites for hydroxylation is 1. The van der Waals surface area contributed by atoms with Crippen LogP contribution in [0.1, 0.15) is 36.8 Å². The smallest absolute Gasteiger partial charge is 0.192 e. The summed E-state index contributed by atoms with van der Waals surface area (Å²) in [5, 5.41) is 5.16. The lowest BCUT2D eigenvalue weighted by atomic mass is 9.91. The van der Waals surface area contributed by atoms with Crippen LogP contribution in [0.5, 0.6) is 5.75 Å². The second kappa shape index (κ2) is 8.07. The highest BCUT2D eigenvalue weighted by atomic mass is 19.1. The largest absolute Gasteiger partial charge is 0.493 e. The number of fused-ring (bicyclic) bond motifs is 2. The molecule has 3 heterocycles. The zero-order valence-corrected chi connectivity index (χ0v) is 16.9. The van der Waals surface area contributed by atoms with E-state index in [0.29, 0.717) is 24.0 Å². The summed E-state index contributed by atoms with van der Waals surface area (Å²) in [5.74, 6) is 1.54. The van der Waals surface area contributed by atoms with Crippen molar-refractivity contribution in [3.8, 4) is 5.75 Å². The molecule has 1 saturated heterocycles. The van der Waals surface area contributed by atoms with Crippen LogP contribution < -0.4 is 4.74 Å². The maximum atomic E-state index is 13.4. The molecule has 5 rings (SSSR count). The lowest BCUT2D eigenvalue weighted by Crippen LogP contribution is -2.34. The van der Waals surface area contributed by atoms with Gasteiger partial charge >= 0.3 is 0 Å². The van der Waals surface area contributed by atoms with Crippen molar-refractivity contribution < 1.29 is 18.1 Å². The van der Waals surface area contributed by atoms with Crippen molar-refractivity contribution in [2.75, 3.05) is 26.2 Å². The molecule has 0 radical (unpaired) electrons. The van der Waals surface area contributed by atoms with Gasteiger partial charge in [0.2, 0.25) is 0 Å². The first kappa shape index (κ1) is 19.1. The minimum Gasteiger partial charge on any atom is -0.493 e. The summed E-state index contributed by atoms with van der Waals surface area (Å²) >= 11 is 0. The van der Waals surface area contributed by atoms with Gasteiger partial charge in [-0.3, -0.25) is 0 Å². The first-order valence-electron chi connectivity index (χ1n) is 10.4. The zero-order chi connectivity index (χ0) is 20.5. The van der Waals surface area contributed by atoms with Crippen molar-refractivity contribution >= 4 is 22.1 Å². The Morgan fingerprint density at radius 2 is 2.00 bits per heavy atom. The SMILES string of the molecule is Cc1nc2ccc(OCCCN3CCC(c4noc5cc(F)ccc45)CC3)cc2o1. The number of oxazole rings is 1. The van der Waals surface area contributed by atoms with Crippen LogP contribution in [0.3, 0.4) is 0 Å². The minimum atomic E-state index is -0.293. The molecule has 6 nitrogen and oxygen atoms in total. The quantitative estimate of drug-likeness (QED) is 0.415. The Kier molecular flexibility index (Phi) is 5.12. The Balaban J connectivity index is 1.09. The molecule has 0 saturated carbocycles. The summed E-state index contributed by atoms with van der Waals surface area (Å²) < 4.78 is 30.1. The molecule has 2 aromatic carbocycles. The topological polar surface area (TPSA) is 64.5 Å². The molecule has 0 unspecified atom stereocenters. The third-order valence-corrected chi connectivity index (χ3v) is 5.79. The molecule has 0 aliphatic carbocycles. The first-order valence-corrected chi connectivity index (χ1v) is 10.4. The molecular weight excluding hydrogens is 385 g/mol. The average Bonchev–Trinajstić information content (AvgIpc) is 3.33.